The molecule has 102 valence electrons. The summed E-state index contributed by atoms with van der Waals surface area (Å²) in [7, 11) is 3.24. The zero-order valence-electron chi connectivity index (χ0n) is 11.4. The van der Waals surface area contributed by atoms with E-state index in [0.29, 0.717) is 11.3 Å². The van der Waals surface area contributed by atoms with E-state index in [4.69, 9.17) is 14.7 Å². The molecule has 2 aromatic carbocycles. The van der Waals surface area contributed by atoms with Crippen LogP contribution >= 0.6 is 11.8 Å². The van der Waals surface area contributed by atoms with Crippen LogP contribution in [0.1, 0.15) is 11.1 Å². The maximum atomic E-state index is 8.95. The molecule has 0 aromatic heterocycles. The maximum absolute atomic E-state index is 8.95. The number of rotatable bonds is 5. The number of benzene rings is 2. The first-order valence-electron chi connectivity index (χ1n) is 6.10. The Kier molecular flexibility index (Phi) is 4.91. The summed E-state index contributed by atoms with van der Waals surface area (Å²) in [6, 6.07) is 15.7. The number of hydrogen-bond donors (Lipinski definition) is 0. The number of methoxy groups -OCH3 is 2. The number of ether oxygens (including phenoxy) is 2. The molecule has 0 saturated carbocycles. The average Bonchev–Trinajstić information content (AvgIpc) is 2.53. The predicted octanol–water partition coefficient (Wildman–Crippen LogP) is 3.87. The van der Waals surface area contributed by atoms with Crippen LogP contribution < -0.4 is 9.47 Å². The first-order chi connectivity index (χ1) is 9.76. The first-order valence-corrected chi connectivity index (χ1v) is 7.09. The second-order valence-corrected chi connectivity index (χ2v) is 5.16. The van der Waals surface area contributed by atoms with Gasteiger partial charge < -0.3 is 9.47 Å². The van der Waals surface area contributed by atoms with Crippen LogP contribution in [0.5, 0.6) is 11.5 Å². The molecule has 0 spiro atoms. The summed E-state index contributed by atoms with van der Waals surface area (Å²) in [4.78, 5) is 1.18. The van der Waals surface area contributed by atoms with Gasteiger partial charge in [0.15, 0.2) is 0 Å². The van der Waals surface area contributed by atoms with Crippen molar-refractivity contribution in [2.24, 2.45) is 0 Å². The Balaban J connectivity index is 2.05. The Morgan fingerprint density at radius 3 is 2.40 bits per heavy atom. The Hall–Kier alpha value is -2.12. The predicted molar refractivity (Wildman–Crippen MR) is 80.3 cm³/mol. The molecule has 0 bridgehead atoms. The van der Waals surface area contributed by atoms with E-state index in [1.165, 1.54) is 4.90 Å². The number of thioether (sulfide) groups is 1. The van der Waals surface area contributed by atoms with Gasteiger partial charge in [-0.2, -0.15) is 5.26 Å². The van der Waals surface area contributed by atoms with E-state index < -0.39 is 0 Å². The highest BCUT2D eigenvalue weighted by atomic mass is 32.2. The summed E-state index contributed by atoms with van der Waals surface area (Å²) >= 11 is 1.73. The van der Waals surface area contributed by atoms with Crippen molar-refractivity contribution >= 4 is 11.8 Å². The first kappa shape index (κ1) is 14.3. The standard InChI is InChI=1S/C16H15NO2S/c1-18-14-5-7-15(8-6-14)20-11-12-3-4-13(10-17)16(9-12)19-2/h3-9H,11H2,1-2H3. The molecule has 0 radical (unpaired) electrons. The summed E-state index contributed by atoms with van der Waals surface area (Å²) in [5.41, 5.74) is 1.69. The van der Waals surface area contributed by atoms with Crippen molar-refractivity contribution in [3.05, 3.63) is 53.6 Å². The number of hydrogen-bond acceptors (Lipinski definition) is 4. The van der Waals surface area contributed by atoms with Crippen LogP contribution in [0.25, 0.3) is 0 Å². The van der Waals surface area contributed by atoms with Crippen molar-refractivity contribution in [2.45, 2.75) is 10.6 Å². The van der Waals surface area contributed by atoms with Gasteiger partial charge in [-0.25, -0.2) is 0 Å². The summed E-state index contributed by atoms with van der Waals surface area (Å²) < 4.78 is 10.3. The normalized spacial score (nSPS) is 9.85. The minimum absolute atomic E-state index is 0.561. The lowest BCUT2D eigenvalue weighted by molar-refractivity contribution is 0.413. The molecule has 0 amide bonds. The Labute approximate surface area is 123 Å². The summed E-state index contributed by atoms with van der Waals surface area (Å²) in [5, 5.41) is 8.95. The van der Waals surface area contributed by atoms with Gasteiger partial charge in [0.2, 0.25) is 0 Å². The zero-order chi connectivity index (χ0) is 14.4. The van der Waals surface area contributed by atoms with E-state index >= 15 is 0 Å². The van der Waals surface area contributed by atoms with E-state index in [0.717, 1.165) is 17.1 Å². The average molecular weight is 285 g/mol. The highest BCUT2D eigenvalue weighted by molar-refractivity contribution is 7.98. The van der Waals surface area contributed by atoms with E-state index in [1.807, 2.05) is 36.4 Å². The van der Waals surface area contributed by atoms with E-state index in [2.05, 4.69) is 6.07 Å². The molecule has 0 aliphatic carbocycles. The molecule has 4 heteroatoms. The van der Waals surface area contributed by atoms with Crippen LogP contribution in [0.3, 0.4) is 0 Å². The Bertz CT molecular complexity index is 617. The summed E-state index contributed by atoms with van der Waals surface area (Å²) in [5.74, 6) is 2.31. The molecule has 0 aliphatic heterocycles. The SMILES string of the molecule is COc1ccc(SCc2ccc(C#N)c(OC)c2)cc1. The summed E-state index contributed by atoms with van der Waals surface area (Å²) in [6.07, 6.45) is 0. The Morgan fingerprint density at radius 2 is 1.80 bits per heavy atom. The fraction of sp³-hybridized carbons (Fsp3) is 0.188. The van der Waals surface area contributed by atoms with Gasteiger partial charge in [-0.3, -0.25) is 0 Å². The largest absolute Gasteiger partial charge is 0.497 e. The number of nitriles is 1. The molecule has 0 atom stereocenters. The van der Waals surface area contributed by atoms with E-state index in [-0.39, 0.29) is 0 Å². The lowest BCUT2D eigenvalue weighted by Crippen LogP contribution is -1.90. The third kappa shape index (κ3) is 3.46. The molecule has 2 aromatic rings. The zero-order valence-corrected chi connectivity index (χ0v) is 12.2. The number of nitrogens with zero attached hydrogens (tertiary/aromatic N) is 1. The molecular weight excluding hydrogens is 270 g/mol. The van der Waals surface area contributed by atoms with Crippen LogP contribution in [-0.2, 0) is 5.75 Å². The van der Waals surface area contributed by atoms with Crippen molar-refractivity contribution in [1.29, 1.82) is 5.26 Å². The fourth-order valence-corrected chi connectivity index (χ4v) is 2.60. The highest BCUT2D eigenvalue weighted by Gasteiger charge is 2.04. The van der Waals surface area contributed by atoms with Gasteiger partial charge >= 0.3 is 0 Å². The van der Waals surface area contributed by atoms with Crippen LogP contribution in [0.15, 0.2) is 47.4 Å². The molecule has 3 nitrogen and oxygen atoms in total. The Morgan fingerprint density at radius 1 is 1.05 bits per heavy atom. The smallest absolute Gasteiger partial charge is 0.136 e. The highest BCUT2D eigenvalue weighted by Crippen LogP contribution is 2.27. The van der Waals surface area contributed by atoms with Crippen LogP contribution in [0.4, 0.5) is 0 Å². The van der Waals surface area contributed by atoms with Gasteiger partial charge in [0.25, 0.3) is 0 Å². The fourth-order valence-electron chi connectivity index (χ4n) is 1.76. The van der Waals surface area contributed by atoms with Gasteiger partial charge in [-0.1, -0.05) is 6.07 Å². The molecule has 0 heterocycles. The molecule has 0 fully saturated rings. The van der Waals surface area contributed by atoms with Gasteiger partial charge in [-0.15, -0.1) is 11.8 Å². The van der Waals surface area contributed by atoms with Crippen molar-refractivity contribution in [2.75, 3.05) is 14.2 Å². The topological polar surface area (TPSA) is 42.2 Å². The van der Waals surface area contributed by atoms with Crippen molar-refractivity contribution in [3.8, 4) is 17.6 Å². The minimum atomic E-state index is 0.561. The van der Waals surface area contributed by atoms with Crippen LogP contribution in [-0.4, -0.2) is 14.2 Å². The van der Waals surface area contributed by atoms with Gasteiger partial charge in [0.1, 0.15) is 17.6 Å². The van der Waals surface area contributed by atoms with E-state index in [1.54, 1.807) is 32.0 Å². The molecule has 0 unspecified atom stereocenters. The molecule has 0 N–H and O–H groups in total. The maximum Gasteiger partial charge on any atom is 0.136 e. The van der Waals surface area contributed by atoms with Crippen molar-refractivity contribution < 1.29 is 9.47 Å². The van der Waals surface area contributed by atoms with Crippen LogP contribution in [0.2, 0.25) is 0 Å². The van der Waals surface area contributed by atoms with Crippen molar-refractivity contribution in [3.63, 3.8) is 0 Å². The van der Waals surface area contributed by atoms with Crippen molar-refractivity contribution in [1.82, 2.24) is 0 Å². The summed E-state index contributed by atoms with van der Waals surface area (Å²) in [6.45, 7) is 0. The third-order valence-corrected chi connectivity index (χ3v) is 3.93. The lowest BCUT2D eigenvalue weighted by Gasteiger charge is -2.07. The third-order valence-electron chi connectivity index (χ3n) is 2.85. The second-order valence-electron chi connectivity index (χ2n) is 4.11. The molecule has 20 heavy (non-hydrogen) atoms. The lowest BCUT2D eigenvalue weighted by atomic mass is 10.1. The molecular formula is C16H15NO2S. The van der Waals surface area contributed by atoms with Gasteiger partial charge in [0.05, 0.1) is 19.8 Å². The van der Waals surface area contributed by atoms with Gasteiger partial charge in [0, 0.05) is 10.6 Å². The second kappa shape index (κ2) is 6.88. The van der Waals surface area contributed by atoms with Gasteiger partial charge in [-0.05, 0) is 42.0 Å². The quantitative estimate of drug-likeness (QED) is 0.782. The monoisotopic (exact) mass is 285 g/mol. The molecule has 0 aliphatic rings. The minimum Gasteiger partial charge on any atom is -0.497 e. The van der Waals surface area contributed by atoms with E-state index in [9.17, 15) is 0 Å². The molecule has 0 saturated heterocycles. The molecule has 2 rings (SSSR count). The van der Waals surface area contributed by atoms with Crippen LogP contribution in [0, 0.1) is 11.3 Å².